The Morgan fingerprint density at radius 3 is 2.09 bits per heavy atom. The number of piperidine rings is 1. The summed E-state index contributed by atoms with van der Waals surface area (Å²) in [5.74, 6) is 1.33. The van der Waals surface area contributed by atoms with Gasteiger partial charge in [-0.15, -0.1) is 0 Å². The van der Waals surface area contributed by atoms with Crippen molar-refractivity contribution in [2.45, 2.75) is 19.3 Å². The molecule has 0 aromatic heterocycles. The molecular formula is C16H25ClN2O4. The lowest BCUT2D eigenvalue weighted by atomic mass is 10.1. The average Bonchev–Trinajstić information content (AvgIpc) is 2.59. The van der Waals surface area contributed by atoms with Crippen LogP contribution >= 0.6 is 0 Å². The molecule has 0 bridgehead atoms. The van der Waals surface area contributed by atoms with Gasteiger partial charge in [-0.2, -0.15) is 0 Å². The topological polar surface area (TPSA) is 61.2 Å². The second-order valence-electron chi connectivity index (χ2n) is 5.41. The molecule has 1 aromatic carbocycles. The van der Waals surface area contributed by atoms with Crippen molar-refractivity contribution in [2.75, 3.05) is 41.1 Å². The highest BCUT2D eigenvalue weighted by Gasteiger charge is 2.19. The van der Waals surface area contributed by atoms with Crippen LogP contribution in [0.4, 0.5) is 0 Å². The summed E-state index contributed by atoms with van der Waals surface area (Å²) in [4.78, 5) is 13.8. The number of rotatable bonds is 6. The summed E-state index contributed by atoms with van der Waals surface area (Å²) in [6.07, 6.45) is 3.76. The Labute approximate surface area is 143 Å². The Morgan fingerprint density at radius 2 is 1.61 bits per heavy atom. The minimum absolute atomic E-state index is 0. The van der Waals surface area contributed by atoms with Crippen LogP contribution in [0.15, 0.2) is 12.1 Å². The van der Waals surface area contributed by atoms with Gasteiger partial charge in [0.15, 0.2) is 18.2 Å². The Kier molecular flexibility index (Phi) is 7.98. The number of quaternary nitrogens is 1. The van der Waals surface area contributed by atoms with Gasteiger partial charge in [-0.05, 0) is 31.4 Å². The number of nitrogens with one attached hydrogen (secondary N) is 2. The van der Waals surface area contributed by atoms with Crippen molar-refractivity contribution in [1.29, 1.82) is 0 Å². The number of hydrogen-bond acceptors (Lipinski definition) is 4. The minimum atomic E-state index is -0.127. The molecule has 6 nitrogen and oxygen atoms in total. The third-order valence-corrected chi connectivity index (χ3v) is 3.99. The van der Waals surface area contributed by atoms with E-state index in [0.29, 0.717) is 29.5 Å². The molecule has 2 rings (SSSR count). The van der Waals surface area contributed by atoms with Gasteiger partial charge >= 0.3 is 0 Å². The van der Waals surface area contributed by atoms with Gasteiger partial charge in [-0.1, -0.05) is 0 Å². The fourth-order valence-corrected chi connectivity index (χ4v) is 2.75. The average molecular weight is 345 g/mol. The van der Waals surface area contributed by atoms with Crippen LogP contribution in [0.5, 0.6) is 17.2 Å². The Morgan fingerprint density at radius 1 is 1.04 bits per heavy atom. The largest absolute Gasteiger partial charge is 1.00 e. The second kappa shape index (κ2) is 9.47. The van der Waals surface area contributed by atoms with Gasteiger partial charge in [0.2, 0.25) is 5.75 Å². The lowest BCUT2D eigenvalue weighted by Gasteiger charge is -2.23. The van der Waals surface area contributed by atoms with Crippen LogP contribution in [-0.4, -0.2) is 47.0 Å². The molecule has 1 amide bonds. The van der Waals surface area contributed by atoms with E-state index < -0.39 is 0 Å². The van der Waals surface area contributed by atoms with E-state index in [1.165, 1.54) is 38.4 Å². The molecular weight excluding hydrogens is 320 g/mol. The molecule has 0 radical (unpaired) electrons. The Balaban J connectivity index is 0.00000264. The van der Waals surface area contributed by atoms with E-state index in [0.717, 1.165) is 13.1 Å². The second-order valence-corrected chi connectivity index (χ2v) is 5.41. The van der Waals surface area contributed by atoms with Crippen molar-refractivity contribution in [2.24, 2.45) is 0 Å². The van der Waals surface area contributed by atoms with Crippen LogP contribution in [0.25, 0.3) is 0 Å². The normalized spacial score (nSPS) is 14.6. The SMILES string of the molecule is COc1cc(C(=O)NC[NH+]2CCCCC2)cc(OC)c1OC.[Cl-]. The highest BCUT2D eigenvalue weighted by atomic mass is 35.5. The van der Waals surface area contributed by atoms with E-state index in [9.17, 15) is 4.79 Å². The summed E-state index contributed by atoms with van der Waals surface area (Å²) in [6.45, 7) is 2.89. The van der Waals surface area contributed by atoms with Crippen molar-refractivity contribution in [3.63, 3.8) is 0 Å². The number of ether oxygens (including phenoxy) is 3. The zero-order valence-corrected chi connectivity index (χ0v) is 14.7. The summed E-state index contributed by atoms with van der Waals surface area (Å²) in [5.41, 5.74) is 0.505. The van der Waals surface area contributed by atoms with Gasteiger partial charge in [0.05, 0.1) is 34.4 Å². The lowest BCUT2D eigenvalue weighted by Crippen LogP contribution is -3.14. The smallest absolute Gasteiger partial charge is 0.255 e. The molecule has 2 N–H and O–H groups in total. The molecule has 0 aliphatic carbocycles. The predicted octanol–water partition coefficient (Wildman–Crippen LogP) is -2.53. The molecule has 1 aliphatic heterocycles. The van der Waals surface area contributed by atoms with E-state index in [1.54, 1.807) is 19.2 Å². The standard InChI is InChI=1S/C16H24N2O4.ClH/c1-20-13-9-12(10-14(21-2)15(13)22-3)16(19)17-11-18-7-5-4-6-8-18;/h9-10H,4-8,11H2,1-3H3,(H,17,19);1H. The van der Waals surface area contributed by atoms with Crippen molar-refractivity contribution in [1.82, 2.24) is 5.32 Å². The molecule has 1 aliphatic rings. The first-order valence-electron chi connectivity index (χ1n) is 7.61. The summed E-state index contributed by atoms with van der Waals surface area (Å²) in [7, 11) is 4.62. The molecule has 7 heteroatoms. The van der Waals surface area contributed by atoms with Crippen LogP contribution < -0.4 is 36.8 Å². The van der Waals surface area contributed by atoms with Crippen LogP contribution in [-0.2, 0) is 0 Å². The summed E-state index contributed by atoms with van der Waals surface area (Å²) in [6, 6.07) is 3.34. The number of carbonyl (C=O) groups excluding carboxylic acids is 1. The first kappa shape index (κ1) is 19.4. The van der Waals surface area contributed by atoms with Crippen molar-refractivity contribution in [3.8, 4) is 17.2 Å². The van der Waals surface area contributed by atoms with E-state index in [2.05, 4.69) is 5.32 Å². The highest BCUT2D eigenvalue weighted by molar-refractivity contribution is 5.95. The molecule has 0 unspecified atom stereocenters. The molecule has 1 fully saturated rings. The zero-order chi connectivity index (χ0) is 15.9. The summed E-state index contributed by atoms with van der Waals surface area (Å²) in [5, 5.41) is 2.98. The highest BCUT2D eigenvalue weighted by Crippen LogP contribution is 2.38. The number of benzene rings is 1. The molecule has 0 atom stereocenters. The molecule has 1 heterocycles. The van der Waals surface area contributed by atoms with Crippen LogP contribution in [0.1, 0.15) is 29.6 Å². The zero-order valence-electron chi connectivity index (χ0n) is 13.9. The summed E-state index contributed by atoms with van der Waals surface area (Å²) >= 11 is 0. The third-order valence-electron chi connectivity index (χ3n) is 3.99. The number of carbonyl (C=O) groups is 1. The maximum atomic E-state index is 12.3. The monoisotopic (exact) mass is 344 g/mol. The summed E-state index contributed by atoms with van der Waals surface area (Å²) < 4.78 is 15.8. The number of halogens is 1. The van der Waals surface area contributed by atoms with E-state index >= 15 is 0 Å². The molecule has 1 saturated heterocycles. The quantitative estimate of drug-likeness (QED) is 0.598. The van der Waals surface area contributed by atoms with E-state index in [4.69, 9.17) is 14.2 Å². The molecule has 0 spiro atoms. The van der Waals surface area contributed by atoms with Gasteiger partial charge in [-0.3, -0.25) is 4.79 Å². The Bertz CT molecular complexity index is 494. The van der Waals surface area contributed by atoms with Gasteiger partial charge in [0.1, 0.15) is 0 Å². The molecule has 0 saturated carbocycles. The van der Waals surface area contributed by atoms with Crippen LogP contribution in [0.2, 0.25) is 0 Å². The van der Waals surface area contributed by atoms with Gasteiger partial charge in [-0.25, -0.2) is 0 Å². The molecule has 23 heavy (non-hydrogen) atoms. The first-order valence-corrected chi connectivity index (χ1v) is 7.61. The number of likely N-dealkylation sites (tertiary alicyclic amines) is 1. The minimum Gasteiger partial charge on any atom is -1.00 e. The number of amides is 1. The van der Waals surface area contributed by atoms with Crippen LogP contribution in [0, 0.1) is 0 Å². The lowest BCUT2D eigenvalue weighted by molar-refractivity contribution is -0.906. The van der Waals surface area contributed by atoms with E-state index in [1.807, 2.05) is 0 Å². The van der Waals surface area contributed by atoms with Crippen LogP contribution in [0.3, 0.4) is 0 Å². The van der Waals surface area contributed by atoms with E-state index in [-0.39, 0.29) is 18.3 Å². The van der Waals surface area contributed by atoms with Crippen molar-refractivity contribution in [3.05, 3.63) is 17.7 Å². The fraction of sp³-hybridized carbons (Fsp3) is 0.562. The maximum absolute atomic E-state index is 12.3. The Hall–Kier alpha value is -1.66. The third kappa shape index (κ3) is 4.91. The number of methoxy groups -OCH3 is 3. The maximum Gasteiger partial charge on any atom is 0.255 e. The van der Waals surface area contributed by atoms with Gasteiger partial charge in [0, 0.05) is 5.56 Å². The molecule has 130 valence electrons. The first-order chi connectivity index (χ1) is 10.7. The van der Waals surface area contributed by atoms with Gasteiger partial charge < -0.3 is 36.8 Å². The predicted molar refractivity (Wildman–Crippen MR) is 83.0 cm³/mol. The van der Waals surface area contributed by atoms with Crippen molar-refractivity contribution >= 4 is 5.91 Å². The fourth-order valence-electron chi connectivity index (χ4n) is 2.75. The number of hydrogen-bond donors (Lipinski definition) is 2. The molecule has 1 aromatic rings. The van der Waals surface area contributed by atoms with Crippen molar-refractivity contribution < 1.29 is 36.3 Å². The van der Waals surface area contributed by atoms with Gasteiger partial charge in [0.25, 0.3) is 5.91 Å².